The zero-order valence-corrected chi connectivity index (χ0v) is 9.77. The van der Waals surface area contributed by atoms with Crippen LogP contribution in [0.25, 0.3) is 0 Å². The predicted molar refractivity (Wildman–Crippen MR) is 61.4 cm³/mol. The molecule has 2 rings (SSSR count). The molecule has 4 heteroatoms. The first-order chi connectivity index (χ1) is 7.58. The van der Waals surface area contributed by atoms with Gasteiger partial charge < -0.3 is 9.13 Å². The minimum atomic E-state index is 0.112. The maximum absolute atomic E-state index is 11.9. The summed E-state index contributed by atoms with van der Waals surface area (Å²) < 4.78 is 3.75. The van der Waals surface area contributed by atoms with E-state index in [-0.39, 0.29) is 5.78 Å². The van der Waals surface area contributed by atoms with Gasteiger partial charge in [0.05, 0.1) is 18.6 Å². The van der Waals surface area contributed by atoms with E-state index in [0.29, 0.717) is 6.54 Å². The fraction of sp³-hybridized carbons (Fsp3) is 0.333. The Kier molecular flexibility index (Phi) is 2.64. The molecule has 0 aliphatic heterocycles. The fourth-order valence-electron chi connectivity index (χ4n) is 1.62. The highest BCUT2D eigenvalue weighted by molar-refractivity contribution is 5.95. The van der Waals surface area contributed by atoms with Crippen LogP contribution in [0.3, 0.4) is 0 Å². The van der Waals surface area contributed by atoms with Crippen LogP contribution in [0, 0.1) is 13.8 Å². The van der Waals surface area contributed by atoms with Crippen LogP contribution in [0.2, 0.25) is 0 Å². The van der Waals surface area contributed by atoms with Gasteiger partial charge in [-0.1, -0.05) is 0 Å². The average molecular weight is 217 g/mol. The molecule has 0 atom stereocenters. The highest BCUT2D eigenvalue weighted by Gasteiger charge is 2.10. The summed E-state index contributed by atoms with van der Waals surface area (Å²) >= 11 is 0. The molecule has 2 aromatic rings. The molecular formula is C12H15N3O. The summed E-state index contributed by atoms with van der Waals surface area (Å²) in [5.74, 6) is 0.112. The summed E-state index contributed by atoms with van der Waals surface area (Å²) in [7, 11) is 1.91. The highest BCUT2D eigenvalue weighted by Crippen LogP contribution is 2.07. The van der Waals surface area contributed by atoms with Gasteiger partial charge >= 0.3 is 0 Å². The first-order valence-electron chi connectivity index (χ1n) is 5.21. The summed E-state index contributed by atoms with van der Waals surface area (Å²) in [6, 6.07) is 1.83. The Hall–Kier alpha value is -1.84. The molecule has 0 bridgehead atoms. The number of aromatic nitrogens is 3. The number of imidazole rings is 1. The molecule has 0 saturated heterocycles. The van der Waals surface area contributed by atoms with Crippen molar-refractivity contribution in [3.05, 3.63) is 41.7 Å². The van der Waals surface area contributed by atoms with Crippen LogP contribution < -0.4 is 0 Å². The van der Waals surface area contributed by atoms with E-state index in [1.54, 1.807) is 6.33 Å². The summed E-state index contributed by atoms with van der Waals surface area (Å²) in [6.07, 6.45) is 5.42. The average Bonchev–Trinajstić information content (AvgIpc) is 2.79. The van der Waals surface area contributed by atoms with Crippen LogP contribution in [-0.2, 0) is 13.6 Å². The molecule has 2 aromatic heterocycles. The standard InChI is InChI=1S/C12H15N3O/c1-9-10(2)15(8-13-9)7-12(16)11-4-5-14(3)6-11/h4-6,8H,7H2,1-3H3. The van der Waals surface area contributed by atoms with Crippen molar-refractivity contribution >= 4 is 5.78 Å². The third kappa shape index (κ3) is 1.91. The van der Waals surface area contributed by atoms with E-state index in [0.717, 1.165) is 17.0 Å². The maximum Gasteiger partial charge on any atom is 0.184 e. The molecule has 0 aliphatic carbocycles. The lowest BCUT2D eigenvalue weighted by Gasteiger charge is -2.03. The largest absolute Gasteiger partial charge is 0.357 e. The summed E-state index contributed by atoms with van der Waals surface area (Å²) in [6.45, 7) is 4.27. The summed E-state index contributed by atoms with van der Waals surface area (Å²) in [5, 5.41) is 0. The molecule has 0 aliphatic rings. The molecule has 16 heavy (non-hydrogen) atoms. The van der Waals surface area contributed by atoms with E-state index in [4.69, 9.17) is 0 Å². The molecule has 0 fully saturated rings. The Balaban J connectivity index is 2.17. The van der Waals surface area contributed by atoms with Gasteiger partial charge in [0.1, 0.15) is 0 Å². The number of aryl methyl sites for hydroxylation is 2. The Morgan fingerprint density at radius 1 is 1.44 bits per heavy atom. The van der Waals surface area contributed by atoms with Gasteiger partial charge in [-0.3, -0.25) is 4.79 Å². The lowest BCUT2D eigenvalue weighted by atomic mass is 10.2. The number of hydrogen-bond donors (Lipinski definition) is 0. The van der Waals surface area contributed by atoms with Gasteiger partial charge in [-0.05, 0) is 19.9 Å². The van der Waals surface area contributed by atoms with E-state index < -0.39 is 0 Å². The molecular weight excluding hydrogens is 202 g/mol. The second-order valence-corrected chi connectivity index (χ2v) is 4.03. The molecule has 2 heterocycles. The van der Waals surface area contributed by atoms with Crippen LogP contribution in [0.15, 0.2) is 24.8 Å². The topological polar surface area (TPSA) is 39.8 Å². The van der Waals surface area contributed by atoms with Crippen molar-refractivity contribution in [3.8, 4) is 0 Å². The molecule has 84 valence electrons. The van der Waals surface area contributed by atoms with E-state index in [1.165, 1.54) is 0 Å². The van der Waals surface area contributed by atoms with Crippen molar-refractivity contribution < 1.29 is 4.79 Å². The smallest absolute Gasteiger partial charge is 0.184 e. The number of carbonyl (C=O) groups excluding carboxylic acids is 1. The number of Topliss-reactive ketones (excluding diaryl/α,β-unsaturated/α-hetero) is 1. The molecule has 0 amide bonds. The maximum atomic E-state index is 11.9. The Morgan fingerprint density at radius 2 is 2.19 bits per heavy atom. The SMILES string of the molecule is Cc1ncn(CC(=O)c2ccn(C)c2)c1C. The first kappa shape index (κ1) is 10.7. The van der Waals surface area contributed by atoms with Gasteiger partial charge in [0.15, 0.2) is 5.78 Å². The number of ketones is 1. The first-order valence-corrected chi connectivity index (χ1v) is 5.21. The van der Waals surface area contributed by atoms with Gasteiger partial charge in [-0.2, -0.15) is 0 Å². The molecule has 0 radical (unpaired) electrons. The summed E-state index contributed by atoms with van der Waals surface area (Å²) in [4.78, 5) is 16.1. The van der Waals surface area contributed by atoms with E-state index in [1.807, 2.05) is 48.5 Å². The van der Waals surface area contributed by atoms with Gasteiger partial charge in [0.25, 0.3) is 0 Å². The molecule has 0 spiro atoms. The highest BCUT2D eigenvalue weighted by atomic mass is 16.1. The lowest BCUT2D eigenvalue weighted by molar-refractivity contribution is 0.0971. The zero-order chi connectivity index (χ0) is 11.7. The third-order valence-corrected chi connectivity index (χ3v) is 2.81. The van der Waals surface area contributed by atoms with Crippen LogP contribution in [0.1, 0.15) is 21.7 Å². The van der Waals surface area contributed by atoms with Crippen molar-refractivity contribution in [2.75, 3.05) is 0 Å². The molecule has 4 nitrogen and oxygen atoms in total. The van der Waals surface area contributed by atoms with E-state index in [2.05, 4.69) is 4.98 Å². The van der Waals surface area contributed by atoms with E-state index in [9.17, 15) is 4.79 Å². The second-order valence-electron chi connectivity index (χ2n) is 4.03. The Bertz CT molecular complexity index is 522. The third-order valence-electron chi connectivity index (χ3n) is 2.81. The van der Waals surface area contributed by atoms with Crippen molar-refractivity contribution in [2.45, 2.75) is 20.4 Å². The monoisotopic (exact) mass is 217 g/mol. The molecule has 0 unspecified atom stereocenters. The van der Waals surface area contributed by atoms with E-state index >= 15 is 0 Å². The van der Waals surface area contributed by atoms with Crippen molar-refractivity contribution in [1.82, 2.24) is 14.1 Å². The normalized spacial score (nSPS) is 10.7. The van der Waals surface area contributed by atoms with Gasteiger partial charge in [-0.25, -0.2) is 4.98 Å². The second kappa shape index (κ2) is 3.96. The van der Waals surface area contributed by atoms with Crippen LogP contribution >= 0.6 is 0 Å². The van der Waals surface area contributed by atoms with Crippen molar-refractivity contribution in [3.63, 3.8) is 0 Å². The molecule has 0 aromatic carbocycles. The predicted octanol–water partition coefficient (Wildman–Crippen LogP) is 1.72. The van der Waals surface area contributed by atoms with Gasteiger partial charge in [0.2, 0.25) is 0 Å². The lowest BCUT2D eigenvalue weighted by Crippen LogP contribution is -2.10. The number of nitrogens with zero attached hydrogens (tertiary/aromatic N) is 3. The van der Waals surface area contributed by atoms with Gasteiger partial charge in [-0.15, -0.1) is 0 Å². The van der Waals surface area contributed by atoms with Gasteiger partial charge in [0, 0.05) is 30.7 Å². The number of carbonyl (C=O) groups is 1. The fourth-order valence-corrected chi connectivity index (χ4v) is 1.62. The van der Waals surface area contributed by atoms with Crippen LogP contribution in [0.5, 0.6) is 0 Å². The number of hydrogen-bond acceptors (Lipinski definition) is 2. The van der Waals surface area contributed by atoms with Crippen molar-refractivity contribution in [2.24, 2.45) is 7.05 Å². The summed E-state index contributed by atoms with van der Waals surface area (Å²) in [5.41, 5.74) is 2.76. The Labute approximate surface area is 94.5 Å². The minimum absolute atomic E-state index is 0.112. The van der Waals surface area contributed by atoms with Crippen LogP contribution in [0.4, 0.5) is 0 Å². The quantitative estimate of drug-likeness (QED) is 0.734. The van der Waals surface area contributed by atoms with Crippen LogP contribution in [-0.4, -0.2) is 19.9 Å². The zero-order valence-electron chi connectivity index (χ0n) is 9.77. The molecule has 0 saturated carbocycles. The minimum Gasteiger partial charge on any atom is -0.357 e. The number of rotatable bonds is 3. The Morgan fingerprint density at radius 3 is 2.69 bits per heavy atom. The van der Waals surface area contributed by atoms with Crippen molar-refractivity contribution in [1.29, 1.82) is 0 Å². The molecule has 0 N–H and O–H groups in total.